The summed E-state index contributed by atoms with van der Waals surface area (Å²) in [7, 11) is 0. The second-order valence-electron chi connectivity index (χ2n) is 7.11. The molecule has 1 aliphatic carbocycles. The van der Waals surface area contributed by atoms with Gasteiger partial charge in [-0.1, -0.05) is 18.2 Å². The number of rotatable bonds is 6. The average Bonchev–Trinajstić information content (AvgIpc) is 3.42. The molecule has 3 rings (SSSR count). The second-order valence-corrected chi connectivity index (χ2v) is 7.11. The molecule has 2 N–H and O–H groups in total. The van der Waals surface area contributed by atoms with E-state index in [0.717, 1.165) is 25.3 Å². The molecule has 2 unspecified atom stereocenters. The summed E-state index contributed by atoms with van der Waals surface area (Å²) in [6.45, 7) is 2.56. The zero-order valence-electron chi connectivity index (χ0n) is 15.1. The minimum atomic E-state index is -4.35. The van der Waals surface area contributed by atoms with Gasteiger partial charge < -0.3 is 15.4 Å². The highest BCUT2D eigenvalue weighted by Gasteiger charge is 2.46. The number of nitrogens with two attached hydrogens (primary N) is 1. The molecule has 27 heavy (non-hydrogen) atoms. The zero-order chi connectivity index (χ0) is 18.7. The van der Waals surface area contributed by atoms with Crippen LogP contribution in [0.25, 0.3) is 0 Å². The molecule has 1 heterocycles. The number of halogens is 4. The lowest BCUT2D eigenvalue weighted by atomic mass is 10.0. The van der Waals surface area contributed by atoms with Gasteiger partial charge in [0.2, 0.25) is 5.91 Å². The van der Waals surface area contributed by atoms with E-state index in [-0.39, 0.29) is 36.3 Å². The van der Waals surface area contributed by atoms with Crippen molar-refractivity contribution in [2.24, 2.45) is 11.7 Å². The normalized spacial score (nSPS) is 23.0. The predicted molar refractivity (Wildman–Crippen MR) is 98.8 cm³/mol. The van der Waals surface area contributed by atoms with Gasteiger partial charge in [0, 0.05) is 25.6 Å². The second kappa shape index (κ2) is 9.26. The summed E-state index contributed by atoms with van der Waals surface area (Å²) in [6.07, 6.45) is -1.11. The quantitative estimate of drug-likeness (QED) is 0.734. The van der Waals surface area contributed by atoms with E-state index < -0.39 is 11.7 Å². The number of benzene rings is 1. The van der Waals surface area contributed by atoms with Gasteiger partial charge in [0.05, 0.1) is 11.7 Å². The van der Waals surface area contributed by atoms with Crippen molar-refractivity contribution < 1.29 is 22.7 Å². The summed E-state index contributed by atoms with van der Waals surface area (Å²) in [6, 6.07) is 5.35. The molecule has 1 saturated heterocycles. The molecular formula is C19H26ClF3N2O2. The van der Waals surface area contributed by atoms with Crippen LogP contribution < -0.4 is 5.73 Å². The first kappa shape index (κ1) is 22.0. The third-order valence-corrected chi connectivity index (χ3v) is 5.21. The maximum atomic E-state index is 12.9. The topological polar surface area (TPSA) is 55.6 Å². The van der Waals surface area contributed by atoms with Crippen molar-refractivity contribution in [2.75, 3.05) is 26.2 Å². The van der Waals surface area contributed by atoms with Crippen molar-refractivity contribution in [1.82, 2.24) is 4.90 Å². The van der Waals surface area contributed by atoms with Crippen LogP contribution in [0.1, 0.15) is 42.7 Å². The molecule has 4 nitrogen and oxygen atoms in total. The summed E-state index contributed by atoms with van der Waals surface area (Å²) in [5, 5.41) is 0. The molecule has 152 valence electrons. The molecule has 2 fully saturated rings. The van der Waals surface area contributed by atoms with E-state index in [4.69, 9.17) is 10.5 Å². The van der Waals surface area contributed by atoms with Crippen LogP contribution in [-0.4, -0.2) is 43.2 Å². The highest BCUT2D eigenvalue weighted by atomic mass is 35.5. The van der Waals surface area contributed by atoms with Gasteiger partial charge in [-0.2, -0.15) is 13.2 Å². The summed E-state index contributed by atoms with van der Waals surface area (Å²) in [4.78, 5) is 14.5. The fourth-order valence-corrected chi connectivity index (χ4v) is 3.59. The molecule has 1 aromatic rings. The number of hydrogen-bond acceptors (Lipinski definition) is 3. The summed E-state index contributed by atoms with van der Waals surface area (Å²) < 4.78 is 44.3. The first-order valence-electron chi connectivity index (χ1n) is 9.17. The number of carbonyl (C=O) groups is 1. The summed E-state index contributed by atoms with van der Waals surface area (Å²) >= 11 is 0. The number of likely N-dealkylation sites (tertiary alicyclic amines) is 1. The van der Waals surface area contributed by atoms with Crippen molar-refractivity contribution in [1.29, 1.82) is 0 Å². The molecular weight excluding hydrogens is 381 g/mol. The number of piperidine rings is 1. The lowest BCUT2D eigenvalue weighted by Gasteiger charge is -2.32. The van der Waals surface area contributed by atoms with Gasteiger partial charge in [-0.3, -0.25) is 4.79 Å². The van der Waals surface area contributed by atoms with Crippen molar-refractivity contribution in [3.8, 4) is 0 Å². The minimum absolute atomic E-state index is 0. The zero-order valence-corrected chi connectivity index (χ0v) is 15.9. The molecule has 1 aromatic carbocycles. The van der Waals surface area contributed by atoms with Crippen LogP contribution in [0.3, 0.4) is 0 Å². The SMILES string of the molecule is Cl.NCCCOC1CCN(C(=O)C2CC2c2cccc(C(F)(F)F)c2)CC1. The number of nitrogens with zero attached hydrogens (tertiary/aromatic N) is 1. The van der Waals surface area contributed by atoms with Crippen LogP contribution in [0.4, 0.5) is 13.2 Å². The van der Waals surface area contributed by atoms with E-state index in [9.17, 15) is 18.0 Å². The number of amides is 1. The van der Waals surface area contributed by atoms with Crippen LogP contribution in [0.15, 0.2) is 24.3 Å². The van der Waals surface area contributed by atoms with Crippen LogP contribution in [-0.2, 0) is 15.7 Å². The fraction of sp³-hybridized carbons (Fsp3) is 0.632. The molecule has 1 amide bonds. The highest BCUT2D eigenvalue weighted by molar-refractivity contribution is 5.85. The predicted octanol–water partition coefficient (Wildman–Crippen LogP) is 3.59. The molecule has 1 aliphatic heterocycles. The Balaban J connectivity index is 0.00000261. The molecule has 0 bridgehead atoms. The summed E-state index contributed by atoms with van der Waals surface area (Å²) in [5.74, 6) is -0.218. The van der Waals surface area contributed by atoms with E-state index in [1.807, 2.05) is 4.90 Å². The average molecular weight is 407 g/mol. The van der Waals surface area contributed by atoms with Gasteiger partial charge in [0.25, 0.3) is 0 Å². The number of carbonyl (C=O) groups excluding carboxylic acids is 1. The van der Waals surface area contributed by atoms with E-state index >= 15 is 0 Å². The first-order chi connectivity index (χ1) is 12.4. The molecule has 2 atom stereocenters. The van der Waals surface area contributed by atoms with E-state index in [1.165, 1.54) is 12.1 Å². The van der Waals surface area contributed by atoms with E-state index in [0.29, 0.717) is 38.2 Å². The number of ether oxygens (including phenoxy) is 1. The highest BCUT2D eigenvalue weighted by Crippen LogP contribution is 2.49. The third kappa shape index (κ3) is 5.59. The first-order valence-corrected chi connectivity index (χ1v) is 9.17. The Labute approximate surface area is 163 Å². The minimum Gasteiger partial charge on any atom is -0.378 e. The Hall–Kier alpha value is -1.31. The molecule has 1 saturated carbocycles. The smallest absolute Gasteiger partial charge is 0.378 e. The standard InChI is InChI=1S/C19H25F3N2O2.ClH/c20-19(21,22)14-4-1-3-13(11-14)16-12-17(16)18(25)24-8-5-15(6-9-24)26-10-2-7-23;/h1,3-4,11,15-17H,2,5-10,12,23H2;1H. The largest absolute Gasteiger partial charge is 0.416 e. The maximum absolute atomic E-state index is 12.9. The Morgan fingerprint density at radius 3 is 2.59 bits per heavy atom. The Bertz CT molecular complexity index is 634. The lowest BCUT2D eigenvalue weighted by molar-refractivity contribution is -0.137. The maximum Gasteiger partial charge on any atom is 0.416 e. The monoisotopic (exact) mass is 406 g/mol. The molecule has 0 spiro atoms. The molecule has 0 aromatic heterocycles. The Morgan fingerprint density at radius 2 is 1.96 bits per heavy atom. The van der Waals surface area contributed by atoms with E-state index in [1.54, 1.807) is 6.07 Å². The Kier molecular flexibility index (Phi) is 7.54. The molecule has 0 radical (unpaired) electrons. The third-order valence-electron chi connectivity index (χ3n) is 5.21. The van der Waals surface area contributed by atoms with E-state index in [2.05, 4.69) is 0 Å². The van der Waals surface area contributed by atoms with Gasteiger partial charge in [-0.25, -0.2) is 0 Å². The van der Waals surface area contributed by atoms with Gasteiger partial charge >= 0.3 is 6.18 Å². The van der Waals surface area contributed by atoms with Gasteiger partial charge in [0.15, 0.2) is 0 Å². The molecule has 8 heteroatoms. The molecule has 2 aliphatic rings. The van der Waals surface area contributed by atoms with Crippen molar-refractivity contribution in [3.05, 3.63) is 35.4 Å². The van der Waals surface area contributed by atoms with Crippen molar-refractivity contribution in [2.45, 2.75) is 43.9 Å². The van der Waals surface area contributed by atoms with Crippen LogP contribution in [0.5, 0.6) is 0 Å². The van der Waals surface area contributed by atoms with Crippen molar-refractivity contribution in [3.63, 3.8) is 0 Å². The van der Waals surface area contributed by atoms with Crippen LogP contribution in [0, 0.1) is 5.92 Å². The van der Waals surface area contributed by atoms with Gasteiger partial charge in [-0.15, -0.1) is 12.4 Å². The van der Waals surface area contributed by atoms with Gasteiger partial charge in [-0.05, 0) is 49.8 Å². The van der Waals surface area contributed by atoms with Gasteiger partial charge in [0.1, 0.15) is 0 Å². The lowest BCUT2D eigenvalue weighted by Crippen LogP contribution is -2.42. The van der Waals surface area contributed by atoms with Crippen LogP contribution >= 0.6 is 12.4 Å². The Morgan fingerprint density at radius 1 is 1.26 bits per heavy atom. The number of alkyl halides is 3. The number of hydrogen-bond donors (Lipinski definition) is 1. The van der Waals surface area contributed by atoms with Crippen molar-refractivity contribution >= 4 is 18.3 Å². The fourth-order valence-electron chi connectivity index (χ4n) is 3.59. The summed E-state index contributed by atoms with van der Waals surface area (Å²) in [5.41, 5.74) is 5.40. The van der Waals surface area contributed by atoms with Crippen LogP contribution in [0.2, 0.25) is 0 Å².